The van der Waals surface area contributed by atoms with E-state index in [2.05, 4.69) is 17.2 Å². The van der Waals surface area contributed by atoms with Crippen LogP contribution in [0.3, 0.4) is 0 Å². The molecule has 0 aromatic heterocycles. The van der Waals surface area contributed by atoms with E-state index < -0.39 is 0 Å². The van der Waals surface area contributed by atoms with Crippen molar-refractivity contribution < 1.29 is 9.13 Å². The summed E-state index contributed by atoms with van der Waals surface area (Å²) in [5, 5.41) is 3.13. The van der Waals surface area contributed by atoms with Crippen molar-refractivity contribution in [3.8, 4) is 17.6 Å². The lowest BCUT2D eigenvalue weighted by atomic mass is 10.3. The maximum atomic E-state index is 13.0. The van der Waals surface area contributed by atoms with Crippen molar-refractivity contribution in [2.75, 3.05) is 19.0 Å². The molecule has 1 aromatic carbocycles. The van der Waals surface area contributed by atoms with Crippen LogP contribution in [0.4, 0.5) is 10.1 Å². The van der Waals surface area contributed by atoms with Gasteiger partial charge in [0.05, 0.1) is 7.11 Å². The van der Waals surface area contributed by atoms with Crippen molar-refractivity contribution >= 4 is 5.69 Å². The van der Waals surface area contributed by atoms with Gasteiger partial charge in [0, 0.05) is 24.7 Å². The van der Waals surface area contributed by atoms with Gasteiger partial charge in [0.2, 0.25) is 0 Å². The second kappa shape index (κ2) is 5.92. The molecule has 0 radical (unpaired) electrons. The zero-order valence-electron chi connectivity index (χ0n) is 8.93. The number of methoxy groups -OCH3 is 1. The molecule has 2 nitrogen and oxygen atoms in total. The van der Waals surface area contributed by atoms with Gasteiger partial charge in [0.1, 0.15) is 0 Å². The van der Waals surface area contributed by atoms with E-state index in [0.29, 0.717) is 0 Å². The van der Waals surface area contributed by atoms with Crippen LogP contribution in [0.1, 0.15) is 13.3 Å². The normalized spacial score (nSPS) is 9.00. The highest BCUT2D eigenvalue weighted by Crippen LogP contribution is 2.21. The number of hydrogen-bond acceptors (Lipinski definition) is 2. The van der Waals surface area contributed by atoms with E-state index in [1.165, 1.54) is 13.2 Å². The number of ether oxygens (including phenoxy) is 1. The molecule has 0 amide bonds. The Morgan fingerprint density at radius 1 is 1.47 bits per heavy atom. The Bertz CT molecular complexity index is 379. The van der Waals surface area contributed by atoms with Gasteiger partial charge >= 0.3 is 0 Å². The monoisotopic (exact) mass is 207 g/mol. The van der Waals surface area contributed by atoms with Crippen LogP contribution in [0.15, 0.2) is 18.2 Å². The summed E-state index contributed by atoms with van der Waals surface area (Å²) in [6.45, 7) is 2.55. The maximum Gasteiger partial charge on any atom is 0.165 e. The Balaban J connectivity index is 2.57. The Morgan fingerprint density at radius 2 is 2.27 bits per heavy atom. The van der Waals surface area contributed by atoms with Crippen molar-refractivity contribution in [2.24, 2.45) is 0 Å². The fourth-order valence-electron chi connectivity index (χ4n) is 1.16. The molecule has 0 saturated heterocycles. The van der Waals surface area contributed by atoms with Crippen LogP contribution < -0.4 is 10.1 Å². The number of nitrogens with one attached hydrogen (secondary N) is 1. The standard InChI is InChI=1S/C12H14FNO/c1-3-4-5-8-14-10-6-7-11(13)12(9-10)15-2/h6-7,9,14H,5,8H2,1-2H3. The molecule has 0 bridgehead atoms. The van der Waals surface area contributed by atoms with Crippen molar-refractivity contribution in [1.82, 2.24) is 0 Å². The first-order valence-corrected chi connectivity index (χ1v) is 4.75. The third-order valence-corrected chi connectivity index (χ3v) is 1.91. The van der Waals surface area contributed by atoms with Gasteiger partial charge in [0.25, 0.3) is 0 Å². The molecule has 0 unspecified atom stereocenters. The lowest BCUT2D eigenvalue weighted by molar-refractivity contribution is 0.387. The molecule has 80 valence electrons. The molecule has 0 aliphatic rings. The number of hydrogen-bond donors (Lipinski definition) is 1. The Hall–Kier alpha value is -1.69. The summed E-state index contributed by atoms with van der Waals surface area (Å²) in [5.74, 6) is 5.65. The molecule has 0 saturated carbocycles. The number of halogens is 1. The van der Waals surface area contributed by atoms with Crippen LogP contribution in [0.2, 0.25) is 0 Å². The summed E-state index contributed by atoms with van der Waals surface area (Å²) >= 11 is 0. The van der Waals surface area contributed by atoms with Crippen molar-refractivity contribution in [2.45, 2.75) is 13.3 Å². The van der Waals surface area contributed by atoms with E-state index in [0.717, 1.165) is 18.7 Å². The minimum Gasteiger partial charge on any atom is -0.494 e. The van der Waals surface area contributed by atoms with E-state index in [1.54, 1.807) is 19.1 Å². The van der Waals surface area contributed by atoms with Gasteiger partial charge in [-0.05, 0) is 19.1 Å². The van der Waals surface area contributed by atoms with Crippen LogP contribution in [-0.4, -0.2) is 13.7 Å². The minimum absolute atomic E-state index is 0.251. The molecule has 0 aliphatic carbocycles. The molecule has 0 spiro atoms. The topological polar surface area (TPSA) is 21.3 Å². The molecule has 1 N–H and O–H groups in total. The summed E-state index contributed by atoms with van der Waals surface area (Å²) in [6, 6.07) is 4.69. The van der Waals surface area contributed by atoms with E-state index in [4.69, 9.17) is 4.74 Å². The molecular weight excluding hydrogens is 193 g/mol. The van der Waals surface area contributed by atoms with Crippen molar-refractivity contribution in [3.05, 3.63) is 24.0 Å². The van der Waals surface area contributed by atoms with Crippen LogP contribution in [-0.2, 0) is 0 Å². The number of rotatable bonds is 4. The molecule has 15 heavy (non-hydrogen) atoms. The van der Waals surface area contributed by atoms with Gasteiger partial charge in [-0.15, -0.1) is 11.8 Å². The van der Waals surface area contributed by atoms with Gasteiger partial charge in [-0.3, -0.25) is 0 Å². The van der Waals surface area contributed by atoms with Crippen molar-refractivity contribution in [1.29, 1.82) is 0 Å². The number of anilines is 1. The highest BCUT2D eigenvalue weighted by atomic mass is 19.1. The maximum absolute atomic E-state index is 13.0. The molecule has 1 rings (SSSR count). The summed E-state index contributed by atoms with van der Waals surface area (Å²) < 4.78 is 17.9. The fraction of sp³-hybridized carbons (Fsp3) is 0.333. The van der Waals surface area contributed by atoms with Gasteiger partial charge in [0.15, 0.2) is 11.6 Å². The second-order valence-corrected chi connectivity index (χ2v) is 2.95. The molecule has 0 aliphatic heterocycles. The first-order valence-electron chi connectivity index (χ1n) is 4.75. The minimum atomic E-state index is -0.351. The average molecular weight is 207 g/mol. The second-order valence-electron chi connectivity index (χ2n) is 2.95. The van der Waals surface area contributed by atoms with Gasteiger partial charge < -0.3 is 10.1 Å². The Labute approximate surface area is 89.4 Å². The van der Waals surface area contributed by atoms with Crippen LogP contribution in [0.5, 0.6) is 5.75 Å². The van der Waals surface area contributed by atoms with Crippen LogP contribution >= 0.6 is 0 Å². The molecular formula is C12H14FNO. The zero-order valence-corrected chi connectivity index (χ0v) is 8.93. The van der Waals surface area contributed by atoms with Gasteiger partial charge in [-0.25, -0.2) is 4.39 Å². The highest BCUT2D eigenvalue weighted by Gasteiger charge is 2.02. The molecule has 0 heterocycles. The third-order valence-electron chi connectivity index (χ3n) is 1.91. The lowest BCUT2D eigenvalue weighted by Gasteiger charge is -2.07. The van der Waals surface area contributed by atoms with E-state index >= 15 is 0 Å². The zero-order chi connectivity index (χ0) is 11.1. The van der Waals surface area contributed by atoms with E-state index in [9.17, 15) is 4.39 Å². The lowest BCUT2D eigenvalue weighted by Crippen LogP contribution is -2.01. The van der Waals surface area contributed by atoms with Gasteiger partial charge in [-0.1, -0.05) is 0 Å². The first kappa shape index (κ1) is 11.4. The molecule has 0 fully saturated rings. The quantitative estimate of drug-likeness (QED) is 0.605. The molecule has 0 atom stereocenters. The van der Waals surface area contributed by atoms with Gasteiger partial charge in [-0.2, -0.15) is 0 Å². The summed E-state index contributed by atoms with van der Waals surface area (Å²) in [7, 11) is 1.45. The summed E-state index contributed by atoms with van der Waals surface area (Å²) in [6.07, 6.45) is 0.774. The Kier molecular flexibility index (Phi) is 4.49. The SMILES string of the molecule is CC#CCCNc1ccc(F)c(OC)c1. The summed E-state index contributed by atoms with van der Waals surface area (Å²) in [4.78, 5) is 0. The molecule has 3 heteroatoms. The van der Waals surface area contributed by atoms with Crippen LogP contribution in [0.25, 0.3) is 0 Å². The van der Waals surface area contributed by atoms with Crippen molar-refractivity contribution in [3.63, 3.8) is 0 Å². The fourth-order valence-corrected chi connectivity index (χ4v) is 1.16. The third kappa shape index (κ3) is 3.51. The predicted molar refractivity (Wildman–Crippen MR) is 59.5 cm³/mol. The predicted octanol–water partition coefficient (Wildman–Crippen LogP) is 2.66. The van der Waals surface area contributed by atoms with E-state index in [1.807, 2.05) is 0 Å². The molecule has 1 aromatic rings. The summed E-state index contributed by atoms with van der Waals surface area (Å²) in [5.41, 5.74) is 0.839. The largest absolute Gasteiger partial charge is 0.494 e. The number of benzene rings is 1. The highest BCUT2D eigenvalue weighted by molar-refractivity contribution is 5.48. The van der Waals surface area contributed by atoms with E-state index in [-0.39, 0.29) is 11.6 Å². The first-order chi connectivity index (χ1) is 7.27. The van der Waals surface area contributed by atoms with Crippen LogP contribution in [0, 0.1) is 17.7 Å². The smallest absolute Gasteiger partial charge is 0.165 e. The average Bonchev–Trinajstić information content (AvgIpc) is 2.26. The Morgan fingerprint density at radius 3 is 2.93 bits per heavy atom.